The highest BCUT2D eigenvalue weighted by Gasteiger charge is 2.26. The molecule has 1 aromatic rings. The maximum atomic E-state index is 11.1. The van der Waals surface area contributed by atoms with Crippen LogP contribution in [0.25, 0.3) is 0 Å². The highest BCUT2D eigenvalue weighted by atomic mass is 16.5. The fourth-order valence-electron chi connectivity index (χ4n) is 2.61. The minimum Gasteiger partial charge on any atom is -0.491 e. The van der Waals surface area contributed by atoms with E-state index in [1.807, 2.05) is 18.2 Å². The largest absolute Gasteiger partial charge is 0.491 e. The monoisotopic (exact) mass is 291 g/mol. The average Bonchev–Trinajstić information content (AvgIpc) is 2.66. The number of rotatable bonds is 6. The fraction of sp³-hybridized carbons (Fsp3) is 0.588. The van der Waals surface area contributed by atoms with Crippen molar-refractivity contribution < 1.29 is 14.6 Å². The molecule has 0 spiro atoms. The number of unbranched alkanes of at least 4 members (excludes halogenated alkanes) is 1. The Bertz CT molecular complexity index is 485. The van der Waals surface area contributed by atoms with Crippen LogP contribution in [0.1, 0.15) is 39.5 Å². The fourth-order valence-corrected chi connectivity index (χ4v) is 2.61. The van der Waals surface area contributed by atoms with Crippen molar-refractivity contribution in [1.29, 1.82) is 0 Å². The molecule has 0 atom stereocenters. The topological polar surface area (TPSA) is 49.8 Å². The minimum atomic E-state index is -0.712. The molecule has 1 aromatic carbocycles. The zero-order chi connectivity index (χ0) is 15.3. The summed E-state index contributed by atoms with van der Waals surface area (Å²) in [5.41, 5.74) is 0.535. The summed E-state index contributed by atoms with van der Waals surface area (Å²) in [7, 11) is 0. The van der Waals surface area contributed by atoms with Crippen molar-refractivity contribution in [1.82, 2.24) is 0 Å². The van der Waals surface area contributed by atoms with Gasteiger partial charge in [-0.2, -0.15) is 0 Å². The van der Waals surface area contributed by atoms with Gasteiger partial charge in [-0.1, -0.05) is 18.6 Å². The van der Waals surface area contributed by atoms with Crippen LogP contribution < -0.4 is 9.64 Å². The Kier molecular flexibility index (Phi) is 5.10. The molecular weight excluding hydrogens is 266 g/mol. The lowest BCUT2D eigenvalue weighted by molar-refractivity contribution is -0.147. The summed E-state index contributed by atoms with van der Waals surface area (Å²) in [6.45, 7) is 6.31. The second kappa shape index (κ2) is 6.83. The first-order valence-corrected chi connectivity index (χ1v) is 7.71. The summed E-state index contributed by atoms with van der Waals surface area (Å²) in [5.74, 6) is 0.247. The van der Waals surface area contributed by atoms with Gasteiger partial charge in [0.2, 0.25) is 0 Å². The zero-order valence-electron chi connectivity index (χ0n) is 13.0. The number of carbonyl (C=O) groups is 1. The molecule has 1 N–H and O–H groups in total. The number of carboxylic acids is 1. The van der Waals surface area contributed by atoms with Gasteiger partial charge in [0.05, 0.1) is 17.7 Å². The molecule has 1 aliphatic heterocycles. The number of hydrogen-bond acceptors (Lipinski definition) is 3. The predicted octanol–water partition coefficient (Wildman–Crippen LogP) is 3.56. The first-order chi connectivity index (χ1) is 10.0. The summed E-state index contributed by atoms with van der Waals surface area (Å²) < 4.78 is 5.75. The van der Waals surface area contributed by atoms with Gasteiger partial charge >= 0.3 is 5.97 Å². The lowest BCUT2D eigenvalue weighted by atomic mass is 9.87. The molecule has 1 aliphatic rings. The highest BCUT2D eigenvalue weighted by Crippen LogP contribution is 2.31. The predicted molar refractivity (Wildman–Crippen MR) is 84.0 cm³/mol. The number of ether oxygens (including phenoxy) is 1. The molecule has 0 bridgehead atoms. The maximum absolute atomic E-state index is 11.1. The van der Waals surface area contributed by atoms with Gasteiger partial charge in [0.25, 0.3) is 0 Å². The van der Waals surface area contributed by atoms with Crippen LogP contribution in [0.2, 0.25) is 0 Å². The Morgan fingerprint density at radius 1 is 1.33 bits per heavy atom. The van der Waals surface area contributed by atoms with Crippen LogP contribution in [0.4, 0.5) is 5.69 Å². The van der Waals surface area contributed by atoms with Crippen LogP contribution in [-0.2, 0) is 4.79 Å². The van der Waals surface area contributed by atoms with E-state index in [1.165, 1.54) is 0 Å². The normalized spacial score (nSPS) is 15.0. The molecule has 2 rings (SSSR count). The third kappa shape index (κ3) is 4.13. The number of anilines is 1. The smallest absolute Gasteiger partial charge is 0.309 e. The molecule has 0 aliphatic carbocycles. The van der Waals surface area contributed by atoms with Crippen molar-refractivity contribution in [3.63, 3.8) is 0 Å². The van der Waals surface area contributed by atoms with E-state index in [4.69, 9.17) is 9.84 Å². The van der Waals surface area contributed by atoms with E-state index in [0.717, 1.165) is 50.4 Å². The second-order valence-corrected chi connectivity index (χ2v) is 6.30. The van der Waals surface area contributed by atoms with Crippen LogP contribution in [0, 0.1) is 5.41 Å². The Morgan fingerprint density at radius 2 is 2.10 bits per heavy atom. The Hall–Kier alpha value is -1.71. The van der Waals surface area contributed by atoms with Gasteiger partial charge in [-0.15, -0.1) is 0 Å². The van der Waals surface area contributed by atoms with Gasteiger partial charge in [-0.05, 0) is 45.2 Å². The van der Waals surface area contributed by atoms with E-state index in [1.54, 1.807) is 13.8 Å². The third-order valence-electron chi connectivity index (χ3n) is 4.09. The summed E-state index contributed by atoms with van der Waals surface area (Å²) in [5, 5.41) is 9.13. The molecule has 0 fully saturated rings. The number of para-hydroxylation sites is 2. The molecule has 21 heavy (non-hydrogen) atoms. The number of nitrogens with zero attached hydrogens (tertiary/aromatic N) is 1. The van der Waals surface area contributed by atoms with E-state index in [9.17, 15) is 4.79 Å². The third-order valence-corrected chi connectivity index (χ3v) is 4.09. The number of hydrogen-bond donors (Lipinski definition) is 1. The highest BCUT2D eigenvalue weighted by molar-refractivity contribution is 5.73. The molecule has 0 radical (unpaired) electrons. The Balaban J connectivity index is 1.87. The average molecular weight is 291 g/mol. The lowest BCUT2D eigenvalue weighted by Crippen LogP contribution is -2.26. The second-order valence-electron chi connectivity index (χ2n) is 6.30. The molecule has 0 saturated carbocycles. The van der Waals surface area contributed by atoms with E-state index < -0.39 is 11.4 Å². The number of benzene rings is 1. The van der Waals surface area contributed by atoms with Crippen LogP contribution in [0.5, 0.6) is 5.75 Å². The van der Waals surface area contributed by atoms with Gasteiger partial charge < -0.3 is 14.7 Å². The molecule has 0 amide bonds. The molecular formula is C17H25NO3. The van der Waals surface area contributed by atoms with Crippen molar-refractivity contribution in [2.24, 2.45) is 5.41 Å². The SMILES string of the molecule is CC(C)(CCCCN1CCCOc2ccccc21)C(=O)O. The van der Waals surface area contributed by atoms with Crippen molar-refractivity contribution in [2.75, 3.05) is 24.6 Å². The summed E-state index contributed by atoms with van der Waals surface area (Å²) in [6, 6.07) is 8.15. The zero-order valence-corrected chi connectivity index (χ0v) is 13.0. The van der Waals surface area contributed by atoms with Crippen molar-refractivity contribution >= 4 is 11.7 Å². The summed E-state index contributed by atoms with van der Waals surface area (Å²) in [4.78, 5) is 13.5. The van der Waals surface area contributed by atoms with Crippen molar-refractivity contribution in [3.8, 4) is 5.75 Å². The van der Waals surface area contributed by atoms with Gasteiger partial charge in [-0.3, -0.25) is 4.79 Å². The van der Waals surface area contributed by atoms with Crippen LogP contribution in [0.15, 0.2) is 24.3 Å². The van der Waals surface area contributed by atoms with Crippen molar-refractivity contribution in [2.45, 2.75) is 39.5 Å². The first kappa shape index (κ1) is 15.7. The molecule has 0 saturated heterocycles. The quantitative estimate of drug-likeness (QED) is 0.814. The van der Waals surface area contributed by atoms with Crippen LogP contribution >= 0.6 is 0 Å². The molecule has 0 aromatic heterocycles. The van der Waals surface area contributed by atoms with Crippen LogP contribution in [0.3, 0.4) is 0 Å². The molecule has 4 nitrogen and oxygen atoms in total. The van der Waals surface area contributed by atoms with E-state index >= 15 is 0 Å². The Labute approximate surface area is 126 Å². The van der Waals surface area contributed by atoms with Gasteiger partial charge in [0.1, 0.15) is 5.75 Å². The minimum absolute atomic E-state index is 0.625. The van der Waals surface area contributed by atoms with E-state index in [2.05, 4.69) is 11.0 Å². The number of aliphatic carboxylic acids is 1. The number of fused-ring (bicyclic) bond motifs is 1. The first-order valence-electron chi connectivity index (χ1n) is 7.71. The van der Waals surface area contributed by atoms with Gasteiger partial charge in [0, 0.05) is 13.1 Å². The summed E-state index contributed by atoms with van der Waals surface area (Å²) in [6.07, 6.45) is 3.67. The molecule has 0 unspecified atom stereocenters. The van der Waals surface area contributed by atoms with Crippen LogP contribution in [-0.4, -0.2) is 30.8 Å². The Morgan fingerprint density at radius 3 is 2.86 bits per heavy atom. The van der Waals surface area contributed by atoms with E-state index in [-0.39, 0.29) is 0 Å². The standard InChI is InChI=1S/C17H25NO3/c1-17(2,16(19)20)10-5-6-11-18-12-7-13-21-15-9-4-3-8-14(15)18/h3-4,8-9H,5-7,10-13H2,1-2H3,(H,19,20). The number of carboxylic acid groups (broad SMARTS) is 1. The molecule has 1 heterocycles. The van der Waals surface area contributed by atoms with Gasteiger partial charge in [0.15, 0.2) is 0 Å². The maximum Gasteiger partial charge on any atom is 0.309 e. The molecule has 4 heteroatoms. The van der Waals surface area contributed by atoms with E-state index in [0.29, 0.717) is 6.42 Å². The van der Waals surface area contributed by atoms with Gasteiger partial charge in [-0.25, -0.2) is 0 Å². The molecule has 116 valence electrons. The van der Waals surface area contributed by atoms with Crippen molar-refractivity contribution in [3.05, 3.63) is 24.3 Å². The summed E-state index contributed by atoms with van der Waals surface area (Å²) >= 11 is 0. The lowest BCUT2D eigenvalue weighted by Gasteiger charge is -2.24.